The van der Waals surface area contributed by atoms with E-state index in [0.717, 1.165) is 34.6 Å². The molecule has 296 valence electrons. The van der Waals surface area contributed by atoms with Gasteiger partial charge in [-0.05, 0) is 116 Å². The van der Waals surface area contributed by atoms with Crippen molar-refractivity contribution in [2.45, 2.75) is 84.0 Å². The Morgan fingerprint density at radius 2 is 1.12 bits per heavy atom. The van der Waals surface area contributed by atoms with Gasteiger partial charge in [-0.3, -0.25) is 4.98 Å². The number of pyridine rings is 1. The fourth-order valence-electron chi connectivity index (χ4n) is 9.91. The molecule has 2 atom stereocenters. The number of rotatable bonds is 7. The molecule has 0 saturated heterocycles. The highest BCUT2D eigenvalue weighted by Crippen LogP contribution is 2.51. The van der Waals surface area contributed by atoms with Crippen molar-refractivity contribution in [1.82, 2.24) is 19.9 Å². The SMILES string of the molecule is CC(C)(C)Cc1nc(-c2ccc(-c3ccc4c(c3)C(C)(C)c3cc(-c5cccc(C6CCCCC6c6ccccc6)c5)ccc3-4)nc2)nc(-c2ccc3ccccc3c2)n1. The maximum atomic E-state index is 5.02. The van der Waals surface area contributed by atoms with Crippen molar-refractivity contribution < 1.29 is 0 Å². The quantitative estimate of drug-likeness (QED) is 0.162. The fourth-order valence-corrected chi connectivity index (χ4v) is 9.91. The second-order valence-corrected chi connectivity index (χ2v) is 18.8. The largest absolute Gasteiger partial charge is 0.255 e. The topological polar surface area (TPSA) is 51.6 Å². The van der Waals surface area contributed by atoms with E-state index in [-0.39, 0.29) is 10.8 Å². The zero-order valence-electron chi connectivity index (χ0n) is 35.4. The molecule has 2 unspecified atom stereocenters. The van der Waals surface area contributed by atoms with Gasteiger partial charge in [0.15, 0.2) is 11.6 Å². The van der Waals surface area contributed by atoms with Crippen LogP contribution in [0.4, 0.5) is 0 Å². The molecule has 0 amide bonds. The molecule has 2 heterocycles. The summed E-state index contributed by atoms with van der Waals surface area (Å²) in [6.07, 6.45) is 7.78. The van der Waals surface area contributed by atoms with E-state index in [9.17, 15) is 0 Å². The van der Waals surface area contributed by atoms with Crippen LogP contribution in [0.3, 0.4) is 0 Å². The van der Waals surface area contributed by atoms with Gasteiger partial charge < -0.3 is 0 Å². The zero-order chi connectivity index (χ0) is 41.0. The fraction of sp³-hybridized carbons (Fsp3) is 0.250. The van der Waals surface area contributed by atoms with Gasteiger partial charge in [0.2, 0.25) is 0 Å². The summed E-state index contributed by atoms with van der Waals surface area (Å²) < 4.78 is 0. The molecule has 0 radical (unpaired) electrons. The van der Waals surface area contributed by atoms with Crippen molar-refractivity contribution in [3.05, 3.63) is 180 Å². The van der Waals surface area contributed by atoms with Crippen LogP contribution < -0.4 is 0 Å². The van der Waals surface area contributed by atoms with E-state index < -0.39 is 0 Å². The summed E-state index contributed by atoms with van der Waals surface area (Å²) in [4.78, 5) is 20.0. The molecule has 8 aromatic rings. The Bertz CT molecular complexity index is 2870. The molecule has 4 heteroatoms. The lowest BCUT2D eigenvalue weighted by Gasteiger charge is -2.32. The summed E-state index contributed by atoms with van der Waals surface area (Å²) in [6.45, 7) is 11.4. The number of fused-ring (bicyclic) bond motifs is 4. The van der Waals surface area contributed by atoms with E-state index in [0.29, 0.717) is 23.5 Å². The molecule has 0 aliphatic heterocycles. The first-order valence-electron chi connectivity index (χ1n) is 21.7. The molecule has 2 aromatic heterocycles. The number of hydrogen-bond acceptors (Lipinski definition) is 4. The predicted octanol–water partition coefficient (Wildman–Crippen LogP) is 14.4. The number of benzene rings is 6. The minimum Gasteiger partial charge on any atom is -0.255 e. The first kappa shape index (κ1) is 38.0. The average Bonchev–Trinajstić information content (AvgIpc) is 3.50. The second kappa shape index (κ2) is 15.1. The van der Waals surface area contributed by atoms with Crippen molar-refractivity contribution in [2.75, 3.05) is 0 Å². The lowest BCUT2D eigenvalue weighted by molar-refractivity contribution is 0.386. The van der Waals surface area contributed by atoms with E-state index in [1.807, 2.05) is 6.20 Å². The van der Waals surface area contributed by atoms with Crippen molar-refractivity contribution in [2.24, 2.45) is 5.41 Å². The highest BCUT2D eigenvalue weighted by Gasteiger charge is 2.36. The lowest BCUT2D eigenvalue weighted by atomic mass is 9.72. The minimum atomic E-state index is -0.163. The molecular weight excluding hydrogens is 729 g/mol. The van der Waals surface area contributed by atoms with Gasteiger partial charge in [0.05, 0.1) is 5.69 Å². The van der Waals surface area contributed by atoms with Crippen molar-refractivity contribution in [3.8, 4) is 56.3 Å². The van der Waals surface area contributed by atoms with Gasteiger partial charge in [-0.1, -0.05) is 163 Å². The van der Waals surface area contributed by atoms with Crippen molar-refractivity contribution in [1.29, 1.82) is 0 Å². The number of aromatic nitrogens is 4. The molecule has 2 aliphatic carbocycles. The highest BCUT2D eigenvalue weighted by atomic mass is 15.0. The Morgan fingerprint density at radius 1 is 0.517 bits per heavy atom. The molecule has 0 N–H and O–H groups in total. The van der Waals surface area contributed by atoms with Crippen LogP contribution in [-0.2, 0) is 11.8 Å². The molecule has 4 nitrogen and oxygen atoms in total. The molecule has 0 bridgehead atoms. The van der Waals surface area contributed by atoms with E-state index >= 15 is 0 Å². The van der Waals surface area contributed by atoms with E-state index in [1.165, 1.54) is 81.0 Å². The monoisotopic (exact) mass is 780 g/mol. The van der Waals surface area contributed by atoms with Crippen LogP contribution in [0.15, 0.2) is 152 Å². The number of hydrogen-bond donors (Lipinski definition) is 0. The zero-order valence-corrected chi connectivity index (χ0v) is 35.4. The van der Waals surface area contributed by atoms with Crippen LogP contribution >= 0.6 is 0 Å². The molecule has 0 spiro atoms. The summed E-state index contributed by atoms with van der Waals surface area (Å²) in [5.74, 6) is 3.25. The number of nitrogens with zero attached hydrogens (tertiary/aromatic N) is 4. The van der Waals surface area contributed by atoms with E-state index in [1.54, 1.807) is 0 Å². The van der Waals surface area contributed by atoms with Crippen molar-refractivity contribution in [3.63, 3.8) is 0 Å². The van der Waals surface area contributed by atoms with Gasteiger partial charge in [0, 0.05) is 34.7 Å². The highest BCUT2D eigenvalue weighted by molar-refractivity contribution is 5.87. The van der Waals surface area contributed by atoms with Crippen LogP contribution in [0, 0.1) is 5.41 Å². The Morgan fingerprint density at radius 3 is 1.83 bits per heavy atom. The van der Waals surface area contributed by atoms with Gasteiger partial charge in [0.1, 0.15) is 5.82 Å². The Labute approximate surface area is 354 Å². The summed E-state index contributed by atoms with van der Waals surface area (Å²) in [7, 11) is 0. The molecule has 6 aromatic carbocycles. The molecule has 1 saturated carbocycles. The normalized spacial score (nSPS) is 17.0. The smallest absolute Gasteiger partial charge is 0.165 e. The third-order valence-corrected chi connectivity index (χ3v) is 13.0. The minimum absolute atomic E-state index is 0.0242. The summed E-state index contributed by atoms with van der Waals surface area (Å²) in [5, 5.41) is 2.36. The van der Waals surface area contributed by atoms with E-state index in [4.69, 9.17) is 19.9 Å². The van der Waals surface area contributed by atoms with Gasteiger partial charge in [-0.15, -0.1) is 0 Å². The van der Waals surface area contributed by atoms with E-state index in [2.05, 4.69) is 180 Å². The van der Waals surface area contributed by atoms with Gasteiger partial charge in [-0.2, -0.15) is 0 Å². The predicted molar refractivity (Wildman–Crippen MR) is 248 cm³/mol. The van der Waals surface area contributed by atoms with Crippen LogP contribution in [0.25, 0.3) is 67.1 Å². The summed E-state index contributed by atoms with van der Waals surface area (Å²) in [6, 6.07) is 53.6. The summed E-state index contributed by atoms with van der Waals surface area (Å²) >= 11 is 0. The molecule has 60 heavy (non-hydrogen) atoms. The van der Waals surface area contributed by atoms with Gasteiger partial charge >= 0.3 is 0 Å². The molecule has 10 rings (SSSR count). The van der Waals surface area contributed by atoms with Gasteiger partial charge in [0.25, 0.3) is 0 Å². The maximum Gasteiger partial charge on any atom is 0.165 e. The Balaban J connectivity index is 0.934. The first-order valence-corrected chi connectivity index (χ1v) is 21.7. The van der Waals surface area contributed by atoms with Crippen LogP contribution in [0.1, 0.15) is 100 Å². The second-order valence-electron chi connectivity index (χ2n) is 18.8. The van der Waals surface area contributed by atoms with Crippen LogP contribution in [0.2, 0.25) is 0 Å². The standard InChI is InChI=1S/C56H52N4/c1-55(2,3)34-52-58-53(43-23-22-36-14-9-10-17-38(36)31-43)60-54(59-52)44-26-29-51(57-35-44)42-25-28-48-47-27-24-40(32-49(47)56(4,5)50(48)33-42)39-18-13-19-41(30-39)46-21-12-11-20-45(46)37-15-7-6-8-16-37/h6-10,13-19,22-33,35,45-46H,11-12,20-21,34H2,1-5H3. The average molecular weight is 781 g/mol. The first-order chi connectivity index (χ1) is 29.1. The van der Waals surface area contributed by atoms with Crippen LogP contribution in [-0.4, -0.2) is 19.9 Å². The van der Waals surface area contributed by atoms with Crippen molar-refractivity contribution >= 4 is 10.8 Å². The van der Waals surface area contributed by atoms with Crippen LogP contribution in [0.5, 0.6) is 0 Å². The summed E-state index contributed by atoms with van der Waals surface area (Å²) in [5.41, 5.74) is 14.6. The molecule has 2 aliphatic rings. The lowest BCUT2D eigenvalue weighted by Crippen LogP contribution is -2.16. The molecular formula is C56H52N4. The third-order valence-electron chi connectivity index (χ3n) is 13.0. The van der Waals surface area contributed by atoms with Gasteiger partial charge in [-0.25, -0.2) is 15.0 Å². The molecule has 1 fully saturated rings. The maximum absolute atomic E-state index is 5.02. The Kier molecular flexibility index (Phi) is 9.55. The Hall–Kier alpha value is -6.26. The third kappa shape index (κ3) is 7.23.